The molecule has 1 aliphatic carbocycles. The van der Waals surface area contributed by atoms with Gasteiger partial charge in [-0.1, -0.05) is 68.6 Å². The van der Waals surface area contributed by atoms with Crippen LogP contribution in [0.25, 0.3) is 0 Å². The second-order valence-corrected chi connectivity index (χ2v) is 9.87. The average molecular weight is 413 g/mol. The van der Waals surface area contributed by atoms with Crippen LogP contribution >= 0.6 is 0 Å². The maximum Gasteiger partial charge on any atom is 0.119 e. The van der Waals surface area contributed by atoms with Gasteiger partial charge in [0.15, 0.2) is 0 Å². The largest absolute Gasteiger partial charge is 0.388 e. The second-order valence-electron chi connectivity index (χ2n) is 9.87. The summed E-state index contributed by atoms with van der Waals surface area (Å²) in [4.78, 5) is 0. The molecule has 2 heteroatoms. The monoisotopic (exact) mass is 412 g/mol. The summed E-state index contributed by atoms with van der Waals surface area (Å²) in [6.07, 6.45) is 15.4. The Morgan fingerprint density at radius 1 is 1.23 bits per heavy atom. The highest BCUT2D eigenvalue weighted by Crippen LogP contribution is 2.36. The summed E-state index contributed by atoms with van der Waals surface area (Å²) in [7, 11) is 0. The minimum Gasteiger partial charge on any atom is -0.388 e. The molecule has 0 aromatic rings. The van der Waals surface area contributed by atoms with Gasteiger partial charge >= 0.3 is 0 Å². The molecule has 0 aromatic heterocycles. The molecule has 0 amide bonds. The number of hydrogen-bond donors (Lipinski definition) is 2. The Bertz CT molecular complexity index is 714. The van der Waals surface area contributed by atoms with Crippen molar-refractivity contribution in [1.82, 2.24) is 0 Å². The lowest BCUT2D eigenvalue weighted by Crippen LogP contribution is -2.16. The van der Waals surface area contributed by atoms with Gasteiger partial charge in [-0.25, -0.2) is 0 Å². The van der Waals surface area contributed by atoms with Crippen LogP contribution in [0.5, 0.6) is 0 Å². The molecule has 2 nitrogen and oxygen atoms in total. The van der Waals surface area contributed by atoms with Crippen LogP contribution in [-0.4, -0.2) is 21.9 Å². The van der Waals surface area contributed by atoms with Crippen molar-refractivity contribution in [2.24, 2.45) is 5.41 Å². The number of rotatable bonds is 9. The quantitative estimate of drug-likeness (QED) is 0.315. The summed E-state index contributed by atoms with van der Waals surface area (Å²) < 4.78 is 0. The lowest BCUT2D eigenvalue weighted by Gasteiger charge is -2.28. The zero-order chi connectivity index (χ0) is 22.8. The summed E-state index contributed by atoms with van der Waals surface area (Å²) in [5, 5.41) is 19.7. The molecule has 0 radical (unpaired) electrons. The lowest BCUT2D eigenvalue weighted by atomic mass is 9.77. The van der Waals surface area contributed by atoms with Crippen molar-refractivity contribution >= 4 is 0 Å². The molecule has 1 aliphatic rings. The molecule has 30 heavy (non-hydrogen) atoms. The van der Waals surface area contributed by atoms with Gasteiger partial charge in [-0.15, -0.1) is 0 Å². The summed E-state index contributed by atoms with van der Waals surface area (Å²) in [6.45, 7) is 16.6. The fraction of sp³-hybridized carbons (Fsp3) is 0.643. The van der Waals surface area contributed by atoms with E-state index in [2.05, 4.69) is 64.3 Å². The zero-order valence-electron chi connectivity index (χ0n) is 20.3. The molecule has 0 aromatic carbocycles. The summed E-state index contributed by atoms with van der Waals surface area (Å²) in [6, 6.07) is 0. The Hall–Kier alpha value is -1.56. The smallest absolute Gasteiger partial charge is 0.119 e. The fourth-order valence-corrected chi connectivity index (χ4v) is 3.96. The van der Waals surface area contributed by atoms with E-state index in [1.165, 1.54) is 16.7 Å². The molecule has 1 saturated carbocycles. The van der Waals surface area contributed by atoms with Gasteiger partial charge in [-0.2, -0.15) is 0 Å². The van der Waals surface area contributed by atoms with Gasteiger partial charge in [-0.3, -0.25) is 0 Å². The number of aliphatic hydroxyl groups excluding tert-OH is 1. The predicted molar refractivity (Wildman–Crippen MR) is 130 cm³/mol. The van der Waals surface area contributed by atoms with Crippen molar-refractivity contribution in [3.63, 3.8) is 0 Å². The fourth-order valence-electron chi connectivity index (χ4n) is 3.96. The molecule has 0 bridgehead atoms. The van der Waals surface area contributed by atoms with Crippen LogP contribution in [0.1, 0.15) is 99.3 Å². The van der Waals surface area contributed by atoms with E-state index in [9.17, 15) is 10.2 Å². The molecule has 2 N–H and O–H groups in total. The Balaban J connectivity index is 2.61. The summed E-state index contributed by atoms with van der Waals surface area (Å²) in [5.41, 5.74) is 4.20. The maximum absolute atomic E-state index is 9.97. The molecule has 0 saturated heterocycles. The number of allylic oxidation sites excluding steroid dienone is 5. The first-order chi connectivity index (χ1) is 14.0. The van der Waals surface area contributed by atoms with Crippen molar-refractivity contribution in [3.8, 4) is 11.8 Å². The van der Waals surface area contributed by atoms with Crippen LogP contribution in [0, 0.1) is 17.3 Å². The number of hydrogen-bond acceptors (Lipinski definition) is 2. The molecule has 0 unspecified atom stereocenters. The standard InChI is InChI=1S/C28H44O2/c1-8-13-25(16-9-10-21-28(6,7)30)27(4,5)20-12-14-22(2)18-19-24-15-11-17-26(29)23(24)3/h13,18-19,26,29-30H,3,8-9,11-12,14-17,20H2,1-2,4-7H3/b22-18-,24-19-,25-13-/t26-/m0/s1. The zero-order valence-corrected chi connectivity index (χ0v) is 20.3. The second kappa shape index (κ2) is 12.3. The molecule has 1 atom stereocenters. The highest BCUT2D eigenvalue weighted by Gasteiger charge is 2.22. The molecule has 1 rings (SSSR count). The molecule has 168 valence electrons. The minimum absolute atomic E-state index is 0.160. The number of aliphatic hydroxyl groups is 2. The molecule has 0 heterocycles. The van der Waals surface area contributed by atoms with Gasteiger partial charge in [0.1, 0.15) is 5.60 Å². The lowest BCUT2D eigenvalue weighted by molar-refractivity contribution is 0.143. The van der Waals surface area contributed by atoms with Gasteiger partial charge in [0.05, 0.1) is 6.10 Å². The first-order valence-corrected chi connectivity index (χ1v) is 11.6. The van der Waals surface area contributed by atoms with E-state index in [4.69, 9.17) is 0 Å². The van der Waals surface area contributed by atoms with Crippen molar-refractivity contribution < 1.29 is 10.2 Å². The van der Waals surface area contributed by atoms with E-state index in [1.54, 1.807) is 13.8 Å². The average Bonchev–Trinajstić information content (AvgIpc) is 2.64. The van der Waals surface area contributed by atoms with E-state index in [-0.39, 0.29) is 11.5 Å². The van der Waals surface area contributed by atoms with Crippen LogP contribution in [0.15, 0.2) is 47.1 Å². The first-order valence-electron chi connectivity index (χ1n) is 11.6. The molecule has 1 fully saturated rings. The third kappa shape index (κ3) is 9.96. The molecular formula is C28H44O2. The van der Waals surface area contributed by atoms with Crippen LogP contribution in [0.4, 0.5) is 0 Å². The van der Waals surface area contributed by atoms with Crippen LogP contribution < -0.4 is 0 Å². The minimum atomic E-state index is -0.911. The normalized spacial score (nSPS) is 20.3. The van der Waals surface area contributed by atoms with E-state index < -0.39 is 5.60 Å². The van der Waals surface area contributed by atoms with Crippen LogP contribution in [0.3, 0.4) is 0 Å². The van der Waals surface area contributed by atoms with E-state index in [1.807, 2.05) is 0 Å². The Labute approximate surface area is 185 Å². The molecule has 0 aliphatic heterocycles. The van der Waals surface area contributed by atoms with Crippen LogP contribution in [0.2, 0.25) is 0 Å². The van der Waals surface area contributed by atoms with E-state index in [0.717, 1.165) is 63.4 Å². The third-order valence-corrected chi connectivity index (χ3v) is 5.91. The van der Waals surface area contributed by atoms with Crippen LogP contribution in [-0.2, 0) is 0 Å². The van der Waals surface area contributed by atoms with Gasteiger partial charge < -0.3 is 10.2 Å². The van der Waals surface area contributed by atoms with Crippen molar-refractivity contribution in [2.75, 3.05) is 0 Å². The highest BCUT2D eigenvalue weighted by atomic mass is 16.3. The van der Waals surface area contributed by atoms with Gasteiger partial charge in [0.25, 0.3) is 0 Å². The Kier molecular flexibility index (Phi) is 10.9. The maximum atomic E-state index is 9.97. The Morgan fingerprint density at radius 3 is 2.57 bits per heavy atom. The van der Waals surface area contributed by atoms with Gasteiger partial charge in [0.2, 0.25) is 0 Å². The van der Waals surface area contributed by atoms with E-state index in [0.29, 0.717) is 0 Å². The van der Waals surface area contributed by atoms with Crippen molar-refractivity contribution in [2.45, 2.75) is 111 Å². The first kappa shape index (κ1) is 26.5. The molecule has 0 spiro atoms. The predicted octanol–water partition coefficient (Wildman–Crippen LogP) is 7.05. The van der Waals surface area contributed by atoms with Gasteiger partial charge in [-0.05, 0) is 88.7 Å². The Morgan fingerprint density at radius 2 is 1.93 bits per heavy atom. The third-order valence-electron chi connectivity index (χ3n) is 5.91. The topological polar surface area (TPSA) is 40.5 Å². The van der Waals surface area contributed by atoms with Crippen molar-refractivity contribution in [3.05, 3.63) is 47.1 Å². The van der Waals surface area contributed by atoms with Gasteiger partial charge in [0, 0.05) is 6.42 Å². The highest BCUT2D eigenvalue weighted by molar-refractivity contribution is 5.36. The van der Waals surface area contributed by atoms with Crippen molar-refractivity contribution in [1.29, 1.82) is 0 Å². The molecular weight excluding hydrogens is 368 g/mol. The van der Waals surface area contributed by atoms with E-state index >= 15 is 0 Å². The SMILES string of the molecule is C=C1/C(=C\C=C(\C)CCCC(C)(C)/C(=C\CC)CCC#CC(C)(C)O)CCC[C@@H]1O. The summed E-state index contributed by atoms with van der Waals surface area (Å²) >= 11 is 0. The summed E-state index contributed by atoms with van der Waals surface area (Å²) in [5.74, 6) is 6.05.